The molecule has 0 saturated carbocycles. The number of carbonyl (C=O) groups is 1. The molecule has 1 aromatic carbocycles. The lowest BCUT2D eigenvalue weighted by Crippen LogP contribution is -2.07. The molecule has 1 N–H and O–H groups in total. The maximum Gasteiger partial charge on any atom is 0.352 e. The number of benzene rings is 1. The molecule has 1 heterocycles. The average molecular weight is 285 g/mol. The Labute approximate surface area is 124 Å². The number of hydrogen-bond acceptors (Lipinski definition) is 2. The van der Waals surface area contributed by atoms with Crippen LogP contribution >= 0.6 is 0 Å². The van der Waals surface area contributed by atoms with Gasteiger partial charge in [-0.1, -0.05) is 30.4 Å². The van der Waals surface area contributed by atoms with Crippen LogP contribution in [0.4, 0.5) is 0 Å². The molecule has 2 rings (SSSR count). The Morgan fingerprint density at radius 2 is 2.19 bits per heavy atom. The van der Waals surface area contributed by atoms with Gasteiger partial charge in [0.2, 0.25) is 0 Å². The number of fused-ring (bicyclic) bond motifs is 1. The molecular weight excluding hydrogens is 266 g/mol. The molecule has 0 bridgehead atoms. The van der Waals surface area contributed by atoms with Crippen molar-refractivity contribution >= 4 is 16.9 Å². The highest BCUT2D eigenvalue weighted by atomic mass is 16.5. The molecular formula is C17H19NO3. The van der Waals surface area contributed by atoms with E-state index in [0.717, 1.165) is 16.5 Å². The summed E-state index contributed by atoms with van der Waals surface area (Å²) in [5.74, 6) is -0.270. The Bertz CT molecular complexity index is 706. The Morgan fingerprint density at radius 3 is 2.81 bits per heavy atom. The van der Waals surface area contributed by atoms with Crippen LogP contribution in [0.1, 0.15) is 24.3 Å². The van der Waals surface area contributed by atoms with E-state index in [9.17, 15) is 9.90 Å². The maximum absolute atomic E-state index is 11.5. The van der Waals surface area contributed by atoms with Crippen molar-refractivity contribution in [2.24, 2.45) is 0 Å². The average Bonchev–Trinajstić information content (AvgIpc) is 2.82. The molecule has 0 amide bonds. The lowest BCUT2D eigenvalue weighted by Gasteiger charge is -2.07. The molecule has 110 valence electrons. The fourth-order valence-corrected chi connectivity index (χ4v) is 2.18. The molecule has 21 heavy (non-hydrogen) atoms. The van der Waals surface area contributed by atoms with Crippen molar-refractivity contribution in [1.82, 2.24) is 4.57 Å². The van der Waals surface area contributed by atoms with Crippen LogP contribution in [0.15, 0.2) is 48.6 Å². The van der Waals surface area contributed by atoms with E-state index < -0.39 is 5.97 Å². The molecule has 0 fully saturated rings. The van der Waals surface area contributed by atoms with Gasteiger partial charge in [-0.2, -0.15) is 0 Å². The summed E-state index contributed by atoms with van der Waals surface area (Å²) < 4.78 is 7.39. The lowest BCUT2D eigenvalue weighted by molar-refractivity contribution is 0.0686. The highest BCUT2D eigenvalue weighted by Crippen LogP contribution is 2.29. The lowest BCUT2D eigenvalue weighted by atomic mass is 10.2. The van der Waals surface area contributed by atoms with Crippen LogP contribution in [0, 0.1) is 0 Å². The maximum atomic E-state index is 11.5. The number of aromatic nitrogens is 1. The van der Waals surface area contributed by atoms with Crippen molar-refractivity contribution < 1.29 is 14.6 Å². The number of hydrogen-bond donors (Lipinski definition) is 1. The van der Waals surface area contributed by atoms with Gasteiger partial charge in [-0.3, -0.25) is 0 Å². The molecule has 1 aromatic heterocycles. The van der Waals surface area contributed by atoms with Crippen LogP contribution in [0.5, 0.6) is 5.75 Å². The minimum absolute atomic E-state index is 0.261. The van der Waals surface area contributed by atoms with Gasteiger partial charge < -0.3 is 14.4 Å². The van der Waals surface area contributed by atoms with Gasteiger partial charge in [-0.25, -0.2) is 4.79 Å². The van der Waals surface area contributed by atoms with Crippen molar-refractivity contribution in [3.05, 3.63) is 54.3 Å². The minimum Gasteiger partial charge on any atom is -0.489 e. The van der Waals surface area contributed by atoms with Gasteiger partial charge in [0.1, 0.15) is 18.1 Å². The van der Waals surface area contributed by atoms with E-state index in [1.165, 1.54) is 0 Å². The van der Waals surface area contributed by atoms with E-state index in [-0.39, 0.29) is 5.69 Å². The molecule has 0 atom stereocenters. The number of allylic oxidation sites excluding steroid dienone is 2. The smallest absolute Gasteiger partial charge is 0.352 e. The van der Waals surface area contributed by atoms with Crippen molar-refractivity contribution in [3.63, 3.8) is 0 Å². The van der Waals surface area contributed by atoms with E-state index in [1.807, 2.05) is 38.1 Å². The first-order valence-electron chi connectivity index (χ1n) is 6.77. The van der Waals surface area contributed by atoms with Crippen LogP contribution in [-0.4, -0.2) is 22.2 Å². The summed E-state index contributed by atoms with van der Waals surface area (Å²) in [7, 11) is 0. The van der Waals surface area contributed by atoms with Gasteiger partial charge in [-0.15, -0.1) is 0 Å². The fourth-order valence-electron chi connectivity index (χ4n) is 2.18. The third-order valence-corrected chi connectivity index (χ3v) is 3.16. The van der Waals surface area contributed by atoms with Crippen LogP contribution in [0.2, 0.25) is 0 Å². The second-order valence-electron chi connectivity index (χ2n) is 5.02. The van der Waals surface area contributed by atoms with Crippen molar-refractivity contribution in [3.8, 4) is 5.75 Å². The second kappa shape index (κ2) is 6.31. The number of carboxylic acid groups (broad SMARTS) is 1. The molecule has 2 aromatic rings. The third kappa shape index (κ3) is 3.16. The van der Waals surface area contributed by atoms with E-state index in [0.29, 0.717) is 18.9 Å². The van der Waals surface area contributed by atoms with Crippen molar-refractivity contribution in [1.29, 1.82) is 0 Å². The summed E-state index contributed by atoms with van der Waals surface area (Å²) in [6.07, 6.45) is 3.67. The van der Waals surface area contributed by atoms with Gasteiger partial charge >= 0.3 is 5.97 Å². The predicted octanol–water partition coefficient (Wildman–Crippen LogP) is 3.87. The molecule has 0 aliphatic rings. The number of ether oxygens (including phenoxy) is 1. The monoisotopic (exact) mass is 285 g/mol. The van der Waals surface area contributed by atoms with Crippen LogP contribution in [-0.2, 0) is 6.54 Å². The molecule has 0 radical (unpaired) electrons. The summed E-state index contributed by atoms with van der Waals surface area (Å²) in [5, 5.41) is 10.2. The second-order valence-corrected chi connectivity index (χ2v) is 5.02. The summed E-state index contributed by atoms with van der Waals surface area (Å²) >= 11 is 0. The summed E-state index contributed by atoms with van der Waals surface area (Å²) in [6.45, 7) is 8.52. The summed E-state index contributed by atoms with van der Waals surface area (Å²) in [4.78, 5) is 11.5. The first kappa shape index (κ1) is 14.9. The quantitative estimate of drug-likeness (QED) is 0.820. The molecule has 0 spiro atoms. The molecule has 0 aliphatic carbocycles. The van der Waals surface area contributed by atoms with Gasteiger partial charge in [0, 0.05) is 11.9 Å². The Kier molecular flexibility index (Phi) is 4.48. The zero-order valence-electron chi connectivity index (χ0n) is 12.3. The van der Waals surface area contributed by atoms with Gasteiger partial charge in [-0.05, 0) is 32.0 Å². The predicted molar refractivity (Wildman–Crippen MR) is 84.0 cm³/mol. The minimum atomic E-state index is -0.942. The number of aromatic carboxylic acids is 1. The highest BCUT2D eigenvalue weighted by Gasteiger charge is 2.16. The van der Waals surface area contributed by atoms with Crippen LogP contribution in [0.25, 0.3) is 10.9 Å². The van der Waals surface area contributed by atoms with Gasteiger partial charge in [0.05, 0.1) is 5.52 Å². The van der Waals surface area contributed by atoms with Gasteiger partial charge in [0.15, 0.2) is 0 Å². The van der Waals surface area contributed by atoms with Crippen LogP contribution in [0.3, 0.4) is 0 Å². The topological polar surface area (TPSA) is 51.5 Å². The Balaban J connectivity index is 2.59. The van der Waals surface area contributed by atoms with E-state index in [1.54, 1.807) is 16.7 Å². The number of carboxylic acids is 1. The standard InChI is InChI=1S/C17H19NO3/c1-4-10-21-16-7-5-6-14-13(16)11-15(17(19)20)18(14)9-8-12(2)3/h4-8,11H,1,9-10H2,2-3H3,(H,19,20). The SMILES string of the molecule is C=CCOc1cccc2c1cc(C(=O)O)n2CC=C(C)C. The first-order chi connectivity index (χ1) is 10.0. The zero-order chi connectivity index (χ0) is 15.4. The molecule has 0 aliphatic heterocycles. The van der Waals surface area contributed by atoms with E-state index in [2.05, 4.69) is 6.58 Å². The van der Waals surface area contributed by atoms with E-state index >= 15 is 0 Å². The van der Waals surface area contributed by atoms with Crippen molar-refractivity contribution in [2.75, 3.05) is 6.61 Å². The number of nitrogens with zero attached hydrogens (tertiary/aromatic N) is 1. The fraction of sp³-hybridized carbons (Fsp3) is 0.235. The largest absolute Gasteiger partial charge is 0.489 e. The Morgan fingerprint density at radius 1 is 1.43 bits per heavy atom. The number of rotatable bonds is 6. The molecule has 4 heteroatoms. The normalized spacial score (nSPS) is 10.4. The zero-order valence-corrected chi connectivity index (χ0v) is 12.3. The van der Waals surface area contributed by atoms with Crippen molar-refractivity contribution in [2.45, 2.75) is 20.4 Å². The Hall–Kier alpha value is -2.49. The summed E-state index contributed by atoms with van der Waals surface area (Å²) in [6, 6.07) is 7.27. The molecule has 0 unspecified atom stereocenters. The third-order valence-electron chi connectivity index (χ3n) is 3.16. The van der Waals surface area contributed by atoms with E-state index in [4.69, 9.17) is 4.74 Å². The molecule has 0 saturated heterocycles. The molecule has 4 nitrogen and oxygen atoms in total. The van der Waals surface area contributed by atoms with Gasteiger partial charge in [0.25, 0.3) is 0 Å². The highest BCUT2D eigenvalue weighted by molar-refractivity contribution is 5.97. The van der Waals surface area contributed by atoms with Crippen LogP contribution < -0.4 is 4.74 Å². The first-order valence-corrected chi connectivity index (χ1v) is 6.77. The summed E-state index contributed by atoms with van der Waals surface area (Å²) in [5.41, 5.74) is 2.26.